The average molecular weight is 389 g/mol. The number of benzene rings is 1. The second-order valence-electron chi connectivity index (χ2n) is 7.94. The Morgan fingerprint density at radius 3 is 2.36 bits per heavy atom. The topological polar surface area (TPSA) is 65.1 Å². The second kappa shape index (κ2) is 10.2. The molecule has 0 aromatic heterocycles. The number of amides is 1. The van der Waals surface area contributed by atoms with Gasteiger partial charge in [-0.3, -0.25) is 4.79 Å². The number of hydrogen-bond donors (Lipinski definition) is 0. The number of rotatable bonds is 6. The van der Waals surface area contributed by atoms with Crippen molar-refractivity contribution in [2.24, 2.45) is 5.92 Å². The normalized spacial score (nSPS) is 15.5. The van der Waals surface area contributed by atoms with Crippen molar-refractivity contribution in [1.29, 1.82) is 0 Å². The van der Waals surface area contributed by atoms with E-state index in [4.69, 9.17) is 14.2 Å². The van der Waals surface area contributed by atoms with Crippen LogP contribution in [0.25, 0.3) is 0 Å². The highest BCUT2D eigenvalue weighted by molar-refractivity contribution is 5.72. The number of hydrogen-bond acceptors (Lipinski definition) is 5. The number of carbonyl (C=O) groups is 2. The molecule has 0 saturated carbocycles. The highest BCUT2D eigenvalue weighted by Gasteiger charge is 2.25. The van der Waals surface area contributed by atoms with Crippen molar-refractivity contribution in [2.45, 2.75) is 45.6 Å². The van der Waals surface area contributed by atoms with E-state index in [1.54, 1.807) is 12.0 Å². The van der Waals surface area contributed by atoms with Gasteiger partial charge in [-0.05, 0) is 57.2 Å². The summed E-state index contributed by atoms with van der Waals surface area (Å²) in [6.45, 7) is 7.24. The SMILES string of the molecule is COc1ccc(CC(=O)OC/C=C/C2CCN(C(=O)OC(C)(C)C)CC2)cc1. The first kappa shape index (κ1) is 21.8. The van der Waals surface area contributed by atoms with Crippen LogP contribution in [0.5, 0.6) is 5.75 Å². The molecule has 154 valence electrons. The van der Waals surface area contributed by atoms with Crippen LogP contribution in [0.4, 0.5) is 4.79 Å². The van der Waals surface area contributed by atoms with Crippen LogP contribution in [0.2, 0.25) is 0 Å². The molecule has 1 aromatic carbocycles. The fourth-order valence-electron chi connectivity index (χ4n) is 2.95. The first-order valence-corrected chi connectivity index (χ1v) is 9.70. The van der Waals surface area contributed by atoms with Crippen molar-refractivity contribution >= 4 is 12.1 Å². The molecule has 6 nitrogen and oxygen atoms in total. The summed E-state index contributed by atoms with van der Waals surface area (Å²) in [7, 11) is 1.61. The molecule has 1 aliphatic heterocycles. The molecule has 28 heavy (non-hydrogen) atoms. The Morgan fingerprint density at radius 1 is 1.14 bits per heavy atom. The van der Waals surface area contributed by atoms with E-state index < -0.39 is 5.60 Å². The Kier molecular flexibility index (Phi) is 7.91. The van der Waals surface area contributed by atoms with E-state index in [0.717, 1.165) is 24.2 Å². The van der Waals surface area contributed by atoms with Crippen molar-refractivity contribution in [1.82, 2.24) is 4.90 Å². The largest absolute Gasteiger partial charge is 0.497 e. The lowest BCUT2D eigenvalue weighted by Crippen LogP contribution is -2.41. The summed E-state index contributed by atoms with van der Waals surface area (Å²) in [5.41, 5.74) is 0.424. The third-order valence-corrected chi connectivity index (χ3v) is 4.45. The van der Waals surface area contributed by atoms with Gasteiger partial charge in [-0.25, -0.2) is 4.79 Å². The van der Waals surface area contributed by atoms with Gasteiger partial charge < -0.3 is 19.1 Å². The molecule has 0 spiro atoms. The Balaban J connectivity index is 1.65. The molecule has 2 rings (SSSR count). The van der Waals surface area contributed by atoms with Gasteiger partial charge in [0.15, 0.2) is 0 Å². The Hall–Kier alpha value is -2.50. The maximum atomic E-state index is 12.1. The molecule has 6 heteroatoms. The lowest BCUT2D eigenvalue weighted by molar-refractivity contribution is -0.141. The van der Waals surface area contributed by atoms with Gasteiger partial charge in [-0.15, -0.1) is 0 Å². The van der Waals surface area contributed by atoms with E-state index in [1.165, 1.54) is 0 Å². The highest BCUT2D eigenvalue weighted by Crippen LogP contribution is 2.20. The Bertz CT molecular complexity index is 667. The molecular formula is C22H31NO5. The molecular weight excluding hydrogens is 358 g/mol. The van der Waals surface area contributed by atoms with Crippen molar-refractivity contribution in [3.05, 3.63) is 42.0 Å². The van der Waals surface area contributed by atoms with Crippen LogP contribution in [0.15, 0.2) is 36.4 Å². The van der Waals surface area contributed by atoms with E-state index in [2.05, 4.69) is 6.08 Å². The second-order valence-corrected chi connectivity index (χ2v) is 7.94. The zero-order valence-corrected chi connectivity index (χ0v) is 17.3. The van der Waals surface area contributed by atoms with Crippen molar-refractivity contribution in [3.8, 4) is 5.75 Å². The summed E-state index contributed by atoms with van der Waals surface area (Å²) in [6.07, 6.45) is 5.73. The fourth-order valence-corrected chi connectivity index (χ4v) is 2.95. The molecule has 1 aromatic rings. The Labute approximate surface area is 167 Å². The minimum atomic E-state index is -0.469. The first-order chi connectivity index (χ1) is 13.3. The summed E-state index contributed by atoms with van der Waals surface area (Å²) >= 11 is 0. The van der Waals surface area contributed by atoms with Gasteiger partial charge >= 0.3 is 12.1 Å². The van der Waals surface area contributed by atoms with Crippen LogP contribution in [-0.2, 0) is 20.7 Å². The van der Waals surface area contributed by atoms with E-state index in [9.17, 15) is 9.59 Å². The number of carbonyl (C=O) groups excluding carboxylic acids is 2. The van der Waals surface area contributed by atoms with E-state index in [-0.39, 0.29) is 25.1 Å². The van der Waals surface area contributed by atoms with Crippen LogP contribution < -0.4 is 4.74 Å². The van der Waals surface area contributed by atoms with E-state index >= 15 is 0 Å². The molecule has 1 heterocycles. The monoisotopic (exact) mass is 389 g/mol. The molecule has 0 bridgehead atoms. The van der Waals surface area contributed by atoms with Crippen molar-refractivity contribution in [2.75, 3.05) is 26.8 Å². The average Bonchev–Trinajstić information content (AvgIpc) is 2.65. The van der Waals surface area contributed by atoms with Crippen molar-refractivity contribution in [3.63, 3.8) is 0 Å². The number of nitrogens with zero attached hydrogens (tertiary/aromatic N) is 1. The van der Waals surface area contributed by atoms with Gasteiger partial charge in [0, 0.05) is 13.1 Å². The summed E-state index contributed by atoms with van der Waals surface area (Å²) in [4.78, 5) is 25.7. The lowest BCUT2D eigenvalue weighted by atomic mass is 9.97. The van der Waals surface area contributed by atoms with Gasteiger partial charge in [0.25, 0.3) is 0 Å². The molecule has 1 amide bonds. The Morgan fingerprint density at radius 2 is 1.79 bits per heavy atom. The summed E-state index contributed by atoms with van der Waals surface area (Å²) in [5.74, 6) is 0.895. The molecule has 1 aliphatic rings. The number of esters is 1. The van der Waals surface area contributed by atoms with Crippen LogP contribution in [0, 0.1) is 5.92 Å². The minimum absolute atomic E-state index is 0.242. The molecule has 1 saturated heterocycles. The number of allylic oxidation sites excluding steroid dienone is 1. The highest BCUT2D eigenvalue weighted by atomic mass is 16.6. The van der Waals surface area contributed by atoms with Gasteiger partial charge in [-0.2, -0.15) is 0 Å². The van der Waals surface area contributed by atoms with Crippen molar-refractivity contribution < 1.29 is 23.8 Å². The van der Waals surface area contributed by atoms with Crippen LogP contribution in [0.1, 0.15) is 39.2 Å². The van der Waals surface area contributed by atoms with E-state index in [1.807, 2.05) is 51.1 Å². The summed E-state index contributed by atoms with van der Waals surface area (Å²) < 4.78 is 15.8. The molecule has 0 unspecified atom stereocenters. The number of methoxy groups -OCH3 is 1. The molecule has 0 radical (unpaired) electrons. The molecule has 1 fully saturated rings. The molecule has 0 N–H and O–H groups in total. The number of piperidine rings is 1. The molecule has 0 atom stereocenters. The van der Waals surface area contributed by atoms with Crippen LogP contribution in [-0.4, -0.2) is 49.4 Å². The lowest BCUT2D eigenvalue weighted by Gasteiger charge is -2.32. The van der Waals surface area contributed by atoms with Gasteiger partial charge in [0.05, 0.1) is 13.5 Å². The smallest absolute Gasteiger partial charge is 0.410 e. The predicted octanol–water partition coefficient (Wildman–Crippen LogP) is 3.98. The molecule has 0 aliphatic carbocycles. The van der Waals surface area contributed by atoms with Crippen LogP contribution in [0.3, 0.4) is 0 Å². The van der Waals surface area contributed by atoms with Gasteiger partial charge in [0.2, 0.25) is 0 Å². The number of likely N-dealkylation sites (tertiary alicyclic amines) is 1. The quantitative estimate of drug-likeness (QED) is 0.544. The maximum Gasteiger partial charge on any atom is 0.410 e. The first-order valence-electron chi connectivity index (χ1n) is 9.70. The predicted molar refractivity (Wildman–Crippen MR) is 107 cm³/mol. The zero-order valence-electron chi connectivity index (χ0n) is 17.3. The van der Waals surface area contributed by atoms with Gasteiger partial charge in [-0.1, -0.05) is 24.3 Å². The summed E-state index contributed by atoms with van der Waals surface area (Å²) in [5, 5.41) is 0. The third-order valence-electron chi connectivity index (χ3n) is 4.45. The maximum absolute atomic E-state index is 12.1. The summed E-state index contributed by atoms with van der Waals surface area (Å²) in [6, 6.07) is 7.36. The third kappa shape index (κ3) is 7.62. The van der Waals surface area contributed by atoms with Gasteiger partial charge in [0.1, 0.15) is 18.0 Å². The van der Waals surface area contributed by atoms with Crippen LogP contribution >= 0.6 is 0 Å². The standard InChI is InChI=1S/C22H31NO5/c1-22(2,3)28-21(25)23-13-11-17(12-14-23)6-5-15-27-20(24)16-18-7-9-19(26-4)10-8-18/h5-10,17H,11-16H2,1-4H3/b6-5+. The number of ether oxygens (including phenoxy) is 3. The minimum Gasteiger partial charge on any atom is -0.497 e. The van der Waals surface area contributed by atoms with E-state index in [0.29, 0.717) is 19.0 Å². The fraction of sp³-hybridized carbons (Fsp3) is 0.545. The zero-order chi connectivity index (χ0) is 20.6.